The van der Waals surface area contributed by atoms with Gasteiger partial charge in [-0.15, -0.1) is 0 Å². The Morgan fingerprint density at radius 2 is 1.73 bits per heavy atom. The van der Waals surface area contributed by atoms with Crippen LogP contribution in [0.3, 0.4) is 0 Å². The smallest absolute Gasteiger partial charge is 0.325 e. The van der Waals surface area contributed by atoms with E-state index in [2.05, 4.69) is 19.2 Å². The van der Waals surface area contributed by atoms with Gasteiger partial charge in [0, 0.05) is 29.5 Å². The van der Waals surface area contributed by atoms with Crippen LogP contribution >= 0.6 is 11.6 Å². The van der Waals surface area contributed by atoms with E-state index in [1.807, 2.05) is 24.3 Å². The molecular formula is C20H22ClN3O2. The van der Waals surface area contributed by atoms with Gasteiger partial charge in [-0.1, -0.05) is 37.6 Å². The first-order valence-electron chi connectivity index (χ1n) is 8.66. The molecule has 5 nitrogen and oxygen atoms in total. The number of hydrogen-bond acceptors (Lipinski definition) is 2. The van der Waals surface area contributed by atoms with E-state index in [0.717, 1.165) is 11.4 Å². The van der Waals surface area contributed by atoms with Crippen LogP contribution in [0.5, 0.6) is 0 Å². The molecular weight excluding hydrogens is 350 g/mol. The van der Waals surface area contributed by atoms with Crippen molar-refractivity contribution in [1.82, 2.24) is 4.90 Å². The highest BCUT2D eigenvalue weighted by molar-refractivity contribution is 6.30. The average Bonchev–Trinajstić information content (AvgIpc) is 2.97. The Kier molecular flexibility index (Phi) is 5.47. The number of urea groups is 1. The van der Waals surface area contributed by atoms with Crippen molar-refractivity contribution in [3.05, 3.63) is 59.1 Å². The van der Waals surface area contributed by atoms with Gasteiger partial charge in [-0.25, -0.2) is 4.79 Å². The van der Waals surface area contributed by atoms with Gasteiger partial charge in [0.15, 0.2) is 0 Å². The van der Waals surface area contributed by atoms with Gasteiger partial charge in [-0.2, -0.15) is 0 Å². The normalized spacial score (nSPS) is 14.2. The number of anilines is 2. The number of hydrogen-bond donors (Lipinski definition) is 1. The minimum atomic E-state index is -0.200. The van der Waals surface area contributed by atoms with E-state index in [0.29, 0.717) is 24.0 Å². The summed E-state index contributed by atoms with van der Waals surface area (Å²) >= 11 is 5.89. The fraction of sp³-hybridized carbons (Fsp3) is 0.300. The van der Waals surface area contributed by atoms with Crippen molar-refractivity contribution in [2.75, 3.05) is 29.9 Å². The van der Waals surface area contributed by atoms with E-state index < -0.39 is 0 Å². The number of halogens is 1. The van der Waals surface area contributed by atoms with Crippen molar-refractivity contribution in [3.63, 3.8) is 0 Å². The van der Waals surface area contributed by atoms with Gasteiger partial charge in [-0.05, 0) is 47.9 Å². The first-order chi connectivity index (χ1) is 12.4. The minimum Gasteiger partial charge on any atom is -0.325 e. The number of rotatable bonds is 5. The number of nitrogens with zero attached hydrogens (tertiary/aromatic N) is 2. The lowest BCUT2D eigenvalue weighted by molar-refractivity contribution is -0.116. The van der Waals surface area contributed by atoms with Crippen molar-refractivity contribution < 1.29 is 9.59 Å². The summed E-state index contributed by atoms with van der Waals surface area (Å²) in [5.74, 6) is 0.245. The Balaban J connectivity index is 1.58. The molecule has 3 amide bonds. The molecule has 1 heterocycles. The Labute approximate surface area is 158 Å². The maximum atomic E-state index is 12.5. The average molecular weight is 372 g/mol. The van der Waals surface area contributed by atoms with Crippen molar-refractivity contribution in [2.45, 2.75) is 19.8 Å². The standard InChI is InChI=1S/C20H22ClN3O2/c1-14(2)15-3-7-17(8-4-15)22-19(25)13-23-11-12-24(20(23)26)18-9-5-16(21)6-10-18/h3-10,14H,11-13H2,1-2H3,(H,22,25). The second-order valence-corrected chi connectivity index (χ2v) is 7.09. The van der Waals surface area contributed by atoms with E-state index in [-0.39, 0.29) is 18.5 Å². The van der Waals surface area contributed by atoms with Crippen molar-refractivity contribution >= 4 is 34.9 Å². The van der Waals surface area contributed by atoms with Gasteiger partial charge in [0.2, 0.25) is 5.91 Å². The third kappa shape index (κ3) is 4.17. The largest absolute Gasteiger partial charge is 0.325 e. The molecule has 0 bridgehead atoms. The van der Waals surface area contributed by atoms with Crippen LogP contribution < -0.4 is 10.2 Å². The molecule has 0 aliphatic carbocycles. The number of nitrogens with one attached hydrogen (secondary N) is 1. The summed E-state index contributed by atoms with van der Waals surface area (Å²) in [7, 11) is 0. The zero-order chi connectivity index (χ0) is 18.7. The van der Waals surface area contributed by atoms with E-state index >= 15 is 0 Å². The number of carbonyl (C=O) groups excluding carboxylic acids is 2. The predicted molar refractivity (Wildman–Crippen MR) is 105 cm³/mol. The van der Waals surface area contributed by atoms with E-state index in [1.165, 1.54) is 5.56 Å². The summed E-state index contributed by atoms with van der Waals surface area (Å²) < 4.78 is 0. The Morgan fingerprint density at radius 3 is 2.35 bits per heavy atom. The van der Waals surface area contributed by atoms with Gasteiger partial charge in [0.1, 0.15) is 6.54 Å². The Morgan fingerprint density at radius 1 is 1.08 bits per heavy atom. The van der Waals surface area contributed by atoms with Gasteiger partial charge < -0.3 is 10.2 Å². The van der Waals surface area contributed by atoms with E-state index in [4.69, 9.17) is 11.6 Å². The molecule has 1 aliphatic rings. The summed E-state index contributed by atoms with van der Waals surface area (Å²) in [5.41, 5.74) is 2.74. The second kappa shape index (κ2) is 7.79. The van der Waals surface area contributed by atoms with E-state index in [9.17, 15) is 9.59 Å². The van der Waals surface area contributed by atoms with Crippen LogP contribution in [-0.4, -0.2) is 36.5 Å². The third-order valence-electron chi connectivity index (χ3n) is 4.43. The van der Waals surface area contributed by atoms with E-state index in [1.54, 1.807) is 34.1 Å². The van der Waals surface area contributed by atoms with Crippen LogP contribution in [0.25, 0.3) is 0 Å². The molecule has 0 unspecified atom stereocenters. The maximum absolute atomic E-state index is 12.5. The molecule has 0 spiro atoms. The summed E-state index contributed by atoms with van der Waals surface area (Å²) in [6, 6.07) is 14.7. The summed E-state index contributed by atoms with van der Waals surface area (Å²) in [6.07, 6.45) is 0. The molecule has 0 aromatic heterocycles. The molecule has 1 fully saturated rings. The monoisotopic (exact) mass is 371 g/mol. The van der Waals surface area contributed by atoms with Crippen LogP contribution in [0.15, 0.2) is 48.5 Å². The minimum absolute atomic E-state index is 0.0366. The predicted octanol–water partition coefficient (Wildman–Crippen LogP) is 4.34. The molecule has 3 rings (SSSR count). The molecule has 26 heavy (non-hydrogen) atoms. The summed E-state index contributed by atoms with van der Waals surface area (Å²) in [5, 5.41) is 3.47. The number of benzene rings is 2. The number of carbonyl (C=O) groups is 2. The van der Waals surface area contributed by atoms with Crippen LogP contribution in [0, 0.1) is 0 Å². The lowest BCUT2D eigenvalue weighted by Crippen LogP contribution is -2.37. The molecule has 1 saturated heterocycles. The molecule has 1 N–H and O–H groups in total. The molecule has 2 aromatic rings. The van der Waals surface area contributed by atoms with Crippen LogP contribution in [0.2, 0.25) is 5.02 Å². The highest BCUT2D eigenvalue weighted by atomic mass is 35.5. The van der Waals surface area contributed by atoms with Gasteiger partial charge in [-0.3, -0.25) is 9.69 Å². The fourth-order valence-corrected chi connectivity index (χ4v) is 3.04. The molecule has 0 atom stereocenters. The zero-order valence-electron chi connectivity index (χ0n) is 14.9. The number of amides is 3. The van der Waals surface area contributed by atoms with Crippen LogP contribution in [0.1, 0.15) is 25.3 Å². The molecule has 6 heteroatoms. The molecule has 136 valence electrons. The van der Waals surface area contributed by atoms with Crippen LogP contribution in [0.4, 0.5) is 16.2 Å². The topological polar surface area (TPSA) is 52.7 Å². The van der Waals surface area contributed by atoms with Gasteiger partial charge in [0.05, 0.1) is 0 Å². The molecule has 2 aromatic carbocycles. The first-order valence-corrected chi connectivity index (χ1v) is 9.03. The molecule has 1 aliphatic heterocycles. The fourth-order valence-electron chi connectivity index (χ4n) is 2.92. The first kappa shape index (κ1) is 18.3. The Bertz CT molecular complexity index is 788. The quantitative estimate of drug-likeness (QED) is 0.849. The van der Waals surface area contributed by atoms with Crippen molar-refractivity contribution in [2.24, 2.45) is 0 Å². The Hall–Kier alpha value is -2.53. The van der Waals surface area contributed by atoms with Gasteiger partial charge >= 0.3 is 6.03 Å². The third-order valence-corrected chi connectivity index (χ3v) is 4.68. The summed E-state index contributed by atoms with van der Waals surface area (Å²) in [6.45, 7) is 5.35. The molecule has 0 radical (unpaired) electrons. The highest BCUT2D eigenvalue weighted by Gasteiger charge is 2.30. The van der Waals surface area contributed by atoms with Crippen LogP contribution in [-0.2, 0) is 4.79 Å². The van der Waals surface area contributed by atoms with Crippen molar-refractivity contribution in [3.8, 4) is 0 Å². The lowest BCUT2D eigenvalue weighted by Gasteiger charge is -2.18. The zero-order valence-corrected chi connectivity index (χ0v) is 15.7. The highest BCUT2D eigenvalue weighted by Crippen LogP contribution is 2.22. The second-order valence-electron chi connectivity index (χ2n) is 6.66. The van der Waals surface area contributed by atoms with Crippen molar-refractivity contribution in [1.29, 1.82) is 0 Å². The SMILES string of the molecule is CC(C)c1ccc(NC(=O)CN2CCN(c3ccc(Cl)cc3)C2=O)cc1. The summed E-state index contributed by atoms with van der Waals surface area (Å²) in [4.78, 5) is 28.0. The van der Waals surface area contributed by atoms with Gasteiger partial charge in [0.25, 0.3) is 0 Å². The maximum Gasteiger partial charge on any atom is 0.325 e. The lowest BCUT2D eigenvalue weighted by atomic mass is 10.0. The molecule has 0 saturated carbocycles.